The van der Waals surface area contributed by atoms with Crippen LogP contribution in [0.1, 0.15) is 5.56 Å². The molecule has 0 atom stereocenters. The maximum absolute atomic E-state index is 9.06. The van der Waals surface area contributed by atoms with E-state index in [1.807, 2.05) is 30.3 Å². The van der Waals surface area contributed by atoms with Crippen LogP contribution in [0.25, 0.3) is 0 Å². The molecular weight excluding hydrogens is 246 g/mol. The van der Waals surface area contributed by atoms with Gasteiger partial charge in [-0.05, 0) is 24.3 Å². The van der Waals surface area contributed by atoms with E-state index in [4.69, 9.17) is 16.9 Å². The number of benzene rings is 2. The first-order valence-electron chi connectivity index (χ1n) is 5.34. The number of anilines is 1. The smallest absolute Gasteiger partial charge is 0.167 e. The average Bonchev–Trinajstić information content (AvgIpc) is 2.43. The number of hydrogen-bond donors (Lipinski definition) is 1. The minimum atomic E-state index is 0.338. The number of hydrazone groups is 1. The third kappa shape index (κ3) is 3.09. The monoisotopic (exact) mass is 255 g/mol. The van der Waals surface area contributed by atoms with E-state index >= 15 is 0 Å². The summed E-state index contributed by atoms with van der Waals surface area (Å²) in [5.74, 6) is 0. The highest BCUT2D eigenvalue weighted by atomic mass is 35.5. The normalized spacial score (nSPS) is 10.8. The Bertz CT molecular complexity index is 583. The number of halogens is 1. The highest BCUT2D eigenvalue weighted by Gasteiger charge is 2.00. The zero-order valence-electron chi connectivity index (χ0n) is 9.47. The first-order chi connectivity index (χ1) is 8.79. The van der Waals surface area contributed by atoms with Crippen molar-refractivity contribution >= 4 is 23.0 Å². The lowest BCUT2D eigenvalue weighted by Gasteiger charge is -2.01. The quantitative estimate of drug-likeness (QED) is 0.672. The van der Waals surface area contributed by atoms with Crippen LogP contribution in [0, 0.1) is 11.3 Å². The molecule has 88 valence electrons. The van der Waals surface area contributed by atoms with Gasteiger partial charge in [0.15, 0.2) is 5.71 Å². The molecule has 0 saturated heterocycles. The molecule has 0 spiro atoms. The molecule has 2 aromatic carbocycles. The van der Waals surface area contributed by atoms with Gasteiger partial charge in [-0.25, -0.2) is 0 Å². The minimum absolute atomic E-state index is 0.338. The Kier molecular flexibility index (Phi) is 3.95. The highest BCUT2D eigenvalue weighted by Crippen LogP contribution is 2.13. The van der Waals surface area contributed by atoms with Crippen LogP contribution >= 0.6 is 11.6 Å². The Morgan fingerprint density at radius 3 is 2.33 bits per heavy atom. The molecule has 0 fully saturated rings. The van der Waals surface area contributed by atoms with Gasteiger partial charge < -0.3 is 0 Å². The average molecular weight is 256 g/mol. The molecule has 2 aromatic rings. The predicted octanol–water partition coefficient (Wildman–Crippen LogP) is 3.68. The standard InChI is InChI=1S/C14H10ClN3/c15-12-6-8-13(9-7-12)17-18-14(10-16)11-4-2-1-3-5-11/h1-9,17H. The lowest BCUT2D eigenvalue weighted by Crippen LogP contribution is -2.01. The predicted molar refractivity (Wildman–Crippen MR) is 73.7 cm³/mol. The summed E-state index contributed by atoms with van der Waals surface area (Å²) in [4.78, 5) is 0. The Morgan fingerprint density at radius 1 is 1.06 bits per heavy atom. The van der Waals surface area contributed by atoms with Crippen molar-refractivity contribution in [2.45, 2.75) is 0 Å². The summed E-state index contributed by atoms with van der Waals surface area (Å²) in [7, 11) is 0. The van der Waals surface area contributed by atoms with Gasteiger partial charge in [0.1, 0.15) is 6.07 Å². The van der Waals surface area contributed by atoms with E-state index < -0.39 is 0 Å². The van der Waals surface area contributed by atoms with Crippen molar-refractivity contribution in [2.75, 3.05) is 5.43 Å². The summed E-state index contributed by atoms with van der Waals surface area (Å²) >= 11 is 5.78. The van der Waals surface area contributed by atoms with Crippen molar-refractivity contribution in [3.8, 4) is 6.07 Å². The molecular formula is C14H10ClN3. The SMILES string of the molecule is N#CC(=NNc1ccc(Cl)cc1)c1ccccc1. The molecule has 0 bridgehead atoms. The van der Waals surface area contributed by atoms with Gasteiger partial charge in [0.2, 0.25) is 0 Å². The van der Waals surface area contributed by atoms with Crippen LogP contribution in [0.5, 0.6) is 0 Å². The van der Waals surface area contributed by atoms with Crippen molar-refractivity contribution in [1.29, 1.82) is 5.26 Å². The lowest BCUT2D eigenvalue weighted by atomic mass is 10.1. The van der Waals surface area contributed by atoms with E-state index in [1.54, 1.807) is 24.3 Å². The second-order valence-electron chi connectivity index (χ2n) is 3.56. The molecule has 0 aromatic heterocycles. The third-order valence-corrected chi connectivity index (χ3v) is 2.55. The molecule has 1 N–H and O–H groups in total. The summed E-state index contributed by atoms with van der Waals surface area (Å²) in [5, 5.41) is 13.8. The Balaban J connectivity index is 2.17. The molecule has 0 aliphatic rings. The van der Waals surface area contributed by atoms with E-state index in [2.05, 4.69) is 16.6 Å². The van der Waals surface area contributed by atoms with Gasteiger partial charge in [-0.2, -0.15) is 10.4 Å². The van der Waals surface area contributed by atoms with Crippen LogP contribution in [0.2, 0.25) is 5.02 Å². The zero-order chi connectivity index (χ0) is 12.8. The number of nitrogens with one attached hydrogen (secondary N) is 1. The van der Waals surface area contributed by atoms with Crippen LogP contribution in [0.3, 0.4) is 0 Å². The van der Waals surface area contributed by atoms with Gasteiger partial charge in [0, 0.05) is 10.6 Å². The van der Waals surface area contributed by atoms with E-state index in [0.717, 1.165) is 11.3 Å². The summed E-state index contributed by atoms with van der Waals surface area (Å²) in [6.07, 6.45) is 0. The molecule has 0 unspecified atom stereocenters. The maximum Gasteiger partial charge on any atom is 0.167 e. The van der Waals surface area contributed by atoms with Crippen molar-refractivity contribution in [1.82, 2.24) is 0 Å². The molecule has 2 rings (SSSR count). The van der Waals surface area contributed by atoms with Gasteiger partial charge >= 0.3 is 0 Å². The van der Waals surface area contributed by atoms with Crippen molar-refractivity contribution < 1.29 is 0 Å². The summed E-state index contributed by atoms with van der Waals surface area (Å²) < 4.78 is 0. The number of nitriles is 1. The Labute approximate surface area is 110 Å². The highest BCUT2D eigenvalue weighted by molar-refractivity contribution is 6.30. The lowest BCUT2D eigenvalue weighted by molar-refractivity contribution is 1.33. The topological polar surface area (TPSA) is 48.2 Å². The first-order valence-corrected chi connectivity index (χ1v) is 5.72. The maximum atomic E-state index is 9.06. The molecule has 0 saturated carbocycles. The van der Waals surface area contributed by atoms with Crippen molar-refractivity contribution in [3.63, 3.8) is 0 Å². The van der Waals surface area contributed by atoms with Crippen molar-refractivity contribution in [2.24, 2.45) is 5.10 Å². The number of hydrogen-bond acceptors (Lipinski definition) is 3. The van der Waals surface area contributed by atoms with Gasteiger partial charge in [0.25, 0.3) is 0 Å². The van der Waals surface area contributed by atoms with Crippen LogP contribution in [-0.2, 0) is 0 Å². The number of nitrogens with zero attached hydrogens (tertiary/aromatic N) is 2. The molecule has 0 radical (unpaired) electrons. The number of rotatable bonds is 3. The summed E-state index contributed by atoms with van der Waals surface area (Å²) in [6.45, 7) is 0. The molecule has 4 heteroatoms. The van der Waals surface area contributed by atoms with E-state index in [9.17, 15) is 0 Å². The molecule has 0 heterocycles. The van der Waals surface area contributed by atoms with Gasteiger partial charge in [-0.3, -0.25) is 5.43 Å². The summed E-state index contributed by atoms with van der Waals surface area (Å²) in [6, 6.07) is 18.5. The largest absolute Gasteiger partial charge is 0.277 e. The fourth-order valence-electron chi connectivity index (χ4n) is 1.39. The van der Waals surface area contributed by atoms with Crippen LogP contribution in [0.4, 0.5) is 5.69 Å². The molecule has 3 nitrogen and oxygen atoms in total. The van der Waals surface area contributed by atoms with Crippen molar-refractivity contribution in [3.05, 3.63) is 65.2 Å². The summed E-state index contributed by atoms with van der Waals surface area (Å²) in [5.41, 5.74) is 4.73. The second kappa shape index (κ2) is 5.85. The fraction of sp³-hybridized carbons (Fsp3) is 0. The second-order valence-corrected chi connectivity index (χ2v) is 3.99. The fourth-order valence-corrected chi connectivity index (χ4v) is 1.52. The van der Waals surface area contributed by atoms with E-state index in [-0.39, 0.29) is 0 Å². The van der Waals surface area contributed by atoms with Crippen LogP contribution in [0.15, 0.2) is 59.7 Å². The molecule has 18 heavy (non-hydrogen) atoms. The van der Waals surface area contributed by atoms with Gasteiger partial charge in [-0.1, -0.05) is 41.9 Å². The molecule has 0 aliphatic heterocycles. The van der Waals surface area contributed by atoms with Crippen LogP contribution < -0.4 is 5.43 Å². The zero-order valence-corrected chi connectivity index (χ0v) is 10.2. The molecule has 0 amide bonds. The minimum Gasteiger partial charge on any atom is -0.277 e. The Morgan fingerprint density at radius 2 is 1.72 bits per heavy atom. The van der Waals surface area contributed by atoms with Gasteiger partial charge in [0.05, 0.1) is 5.69 Å². The van der Waals surface area contributed by atoms with Crippen LogP contribution in [-0.4, -0.2) is 5.71 Å². The van der Waals surface area contributed by atoms with E-state index in [1.165, 1.54) is 0 Å². The van der Waals surface area contributed by atoms with Gasteiger partial charge in [-0.15, -0.1) is 0 Å². The molecule has 0 aliphatic carbocycles. The Hall–Kier alpha value is -2.31. The van der Waals surface area contributed by atoms with E-state index in [0.29, 0.717) is 10.7 Å². The first kappa shape index (κ1) is 12.2. The third-order valence-electron chi connectivity index (χ3n) is 2.29.